The molecular weight excluding hydrogens is 408 g/mol. The Bertz CT molecular complexity index is 745. The predicted octanol–water partition coefficient (Wildman–Crippen LogP) is 2.02. The van der Waals surface area contributed by atoms with Gasteiger partial charge >= 0.3 is 0 Å². The third kappa shape index (κ3) is 6.89. The molecule has 2 fully saturated rings. The molecule has 2 aromatic rings. The number of rotatable bonds is 11. The van der Waals surface area contributed by atoms with Crippen molar-refractivity contribution in [3.63, 3.8) is 0 Å². The Balaban J connectivity index is 1.08. The predicted molar refractivity (Wildman–Crippen MR) is 126 cm³/mol. The molecule has 0 radical (unpaired) electrons. The molecule has 174 valence electrons. The van der Waals surface area contributed by atoms with Gasteiger partial charge in [-0.2, -0.15) is 9.97 Å². The molecule has 0 aromatic carbocycles. The molecule has 4 heterocycles. The van der Waals surface area contributed by atoms with Crippen LogP contribution < -0.4 is 20.4 Å². The largest absolute Gasteiger partial charge is 0.378 e. The Morgan fingerprint density at radius 2 is 1.09 bits per heavy atom. The standard InChI is InChI=1S/C22H34N8O2/c1(3-7-23-21-25-9-5-19(27-21)29-11-15-31-16-12-29)2-4-8-24-22-26-10-6-20(28-22)30-13-17-32-18-14-30/h5-6,9-10H,1-4,7-8,11-18H2,(H,23,25,27)(H,24,26,28). The summed E-state index contributed by atoms with van der Waals surface area (Å²) in [6.45, 7) is 8.32. The van der Waals surface area contributed by atoms with Crippen LogP contribution in [0.1, 0.15) is 25.7 Å². The molecule has 2 aliphatic heterocycles. The van der Waals surface area contributed by atoms with Crippen molar-refractivity contribution in [2.24, 2.45) is 0 Å². The van der Waals surface area contributed by atoms with Gasteiger partial charge in [0.1, 0.15) is 11.6 Å². The van der Waals surface area contributed by atoms with E-state index in [1.165, 1.54) is 0 Å². The van der Waals surface area contributed by atoms with Crippen LogP contribution in [-0.4, -0.2) is 85.6 Å². The second-order valence-corrected chi connectivity index (χ2v) is 7.94. The number of unbranched alkanes of at least 4 members (excludes halogenated alkanes) is 3. The summed E-state index contributed by atoms with van der Waals surface area (Å²) in [7, 11) is 0. The lowest BCUT2D eigenvalue weighted by atomic mass is 10.2. The molecular formula is C22H34N8O2. The zero-order valence-corrected chi connectivity index (χ0v) is 18.7. The Morgan fingerprint density at radius 3 is 1.53 bits per heavy atom. The monoisotopic (exact) mass is 442 g/mol. The summed E-state index contributed by atoms with van der Waals surface area (Å²) in [5.74, 6) is 3.34. The van der Waals surface area contributed by atoms with Gasteiger partial charge in [-0.05, 0) is 25.0 Å². The molecule has 0 amide bonds. The van der Waals surface area contributed by atoms with Crippen molar-refractivity contribution in [2.45, 2.75) is 25.7 Å². The SMILES string of the molecule is c1cc(N2CCOCC2)nc(NCCCCCCNc2nccc(N3CCOCC3)n2)n1. The fraction of sp³-hybridized carbons (Fsp3) is 0.636. The maximum atomic E-state index is 5.41. The van der Waals surface area contributed by atoms with E-state index in [2.05, 4.69) is 40.4 Å². The molecule has 32 heavy (non-hydrogen) atoms. The molecule has 4 rings (SSSR count). The van der Waals surface area contributed by atoms with Gasteiger partial charge in [-0.1, -0.05) is 12.8 Å². The zero-order valence-electron chi connectivity index (χ0n) is 18.7. The van der Waals surface area contributed by atoms with Gasteiger partial charge in [-0.3, -0.25) is 0 Å². The molecule has 0 atom stereocenters. The maximum absolute atomic E-state index is 5.41. The third-order valence-corrected chi connectivity index (χ3v) is 5.62. The first-order valence-corrected chi connectivity index (χ1v) is 11.7. The molecule has 2 aliphatic rings. The molecule has 2 N–H and O–H groups in total. The number of aromatic nitrogens is 4. The quantitative estimate of drug-likeness (QED) is 0.503. The van der Waals surface area contributed by atoms with E-state index in [4.69, 9.17) is 9.47 Å². The van der Waals surface area contributed by atoms with Crippen LogP contribution in [0, 0.1) is 0 Å². The van der Waals surface area contributed by atoms with Crippen LogP contribution in [0.25, 0.3) is 0 Å². The van der Waals surface area contributed by atoms with Gasteiger partial charge in [-0.15, -0.1) is 0 Å². The van der Waals surface area contributed by atoms with E-state index >= 15 is 0 Å². The van der Waals surface area contributed by atoms with Crippen molar-refractivity contribution in [3.8, 4) is 0 Å². The summed E-state index contributed by atoms with van der Waals surface area (Å²) in [4.78, 5) is 22.4. The molecule has 0 saturated carbocycles. The second-order valence-electron chi connectivity index (χ2n) is 7.94. The number of morpholine rings is 2. The lowest BCUT2D eigenvalue weighted by Gasteiger charge is -2.27. The average Bonchev–Trinajstić information content (AvgIpc) is 2.87. The Morgan fingerprint density at radius 1 is 0.656 bits per heavy atom. The van der Waals surface area contributed by atoms with E-state index in [9.17, 15) is 0 Å². The molecule has 10 heteroatoms. The van der Waals surface area contributed by atoms with Gasteiger partial charge in [0.15, 0.2) is 0 Å². The fourth-order valence-electron chi connectivity index (χ4n) is 3.81. The highest BCUT2D eigenvalue weighted by molar-refractivity contribution is 5.43. The van der Waals surface area contributed by atoms with Crippen molar-refractivity contribution in [1.82, 2.24) is 19.9 Å². The summed E-state index contributed by atoms with van der Waals surface area (Å²) < 4.78 is 10.8. The Labute approximate surface area is 189 Å². The lowest BCUT2D eigenvalue weighted by molar-refractivity contribution is 0.122. The first-order valence-electron chi connectivity index (χ1n) is 11.7. The lowest BCUT2D eigenvalue weighted by Crippen LogP contribution is -2.36. The van der Waals surface area contributed by atoms with Crippen molar-refractivity contribution in [3.05, 3.63) is 24.5 Å². The first kappa shape index (κ1) is 22.5. The molecule has 2 saturated heterocycles. The maximum Gasteiger partial charge on any atom is 0.224 e. The summed E-state index contributed by atoms with van der Waals surface area (Å²) in [5.41, 5.74) is 0. The van der Waals surface area contributed by atoms with Gasteiger partial charge < -0.3 is 29.9 Å². The van der Waals surface area contributed by atoms with Crippen molar-refractivity contribution in [1.29, 1.82) is 0 Å². The molecule has 0 aliphatic carbocycles. The van der Waals surface area contributed by atoms with Crippen LogP contribution in [0.4, 0.5) is 23.5 Å². The molecule has 0 unspecified atom stereocenters. The van der Waals surface area contributed by atoms with Gasteiger partial charge in [-0.25, -0.2) is 9.97 Å². The summed E-state index contributed by atoms with van der Waals surface area (Å²) in [5, 5.41) is 6.70. The summed E-state index contributed by atoms with van der Waals surface area (Å²) >= 11 is 0. The zero-order chi connectivity index (χ0) is 21.8. The third-order valence-electron chi connectivity index (χ3n) is 5.62. The van der Waals surface area contributed by atoms with Gasteiger partial charge in [0, 0.05) is 51.7 Å². The number of nitrogens with zero attached hydrogens (tertiary/aromatic N) is 6. The van der Waals surface area contributed by atoms with Crippen LogP contribution in [0.2, 0.25) is 0 Å². The number of hydrogen-bond donors (Lipinski definition) is 2. The summed E-state index contributed by atoms with van der Waals surface area (Å²) in [6.07, 6.45) is 8.14. The van der Waals surface area contributed by atoms with E-state index < -0.39 is 0 Å². The number of ether oxygens (including phenoxy) is 2. The molecule has 0 spiro atoms. The van der Waals surface area contributed by atoms with Crippen LogP contribution in [0.5, 0.6) is 0 Å². The number of nitrogens with one attached hydrogen (secondary N) is 2. The minimum Gasteiger partial charge on any atom is -0.378 e. The van der Waals surface area contributed by atoms with Gasteiger partial charge in [0.05, 0.1) is 26.4 Å². The highest BCUT2D eigenvalue weighted by Gasteiger charge is 2.14. The van der Waals surface area contributed by atoms with Crippen LogP contribution in [0.15, 0.2) is 24.5 Å². The van der Waals surface area contributed by atoms with E-state index in [-0.39, 0.29) is 0 Å². The first-order chi connectivity index (χ1) is 15.9. The smallest absolute Gasteiger partial charge is 0.224 e. The summed E-state index contributed by atoms with van der Waals surface area (Å²) in [6, 6.07) is 3.92. The van der Waals surface area contributed by atoms with E-state index in [0.717, 1.165) is 103 Å². The minimum absolute atomic E-state index is 0.702. The van der Waals surface area contributed by atoms with Crippen LogP contribution in [0.3, 0.4) is 0 Å². The van der Waals surface area contributed by atoms with Crippen molar-refractivity contribution >= 4 is 23.5 Å². The van der Waals surface area contributed by atoms with Crippen LogP contribution >= 0.6 is 0 Å². The number of anilines is 4. The van der Waals surface area contributed by atoms with E-state index in [0.29, 0.717) is 11.9 Å². The Hall–Kier alpha value is -2.72. The highest BCUT2D eigenvalue weighted by atomic mass is 16.5. The van der Waals surface area contributed by atoms with Crippen molar-refractivity contribution in [2.75, 3.05) is 86.1 Å². The van der Waals surface area contributed by atoms with Crippen molar-refractivity contribution < 1.29 is 9.47 Å². The molecule has 10 nitrogen and oxygen atoms in total. The molecule has 0 bridgehead atoms. The highest BCUT2D eigenvalue weighted by Crippen LogP contribution is 2.15. The second kappa shape index (κ2) is 12.4. The topological polar surface area (TPSA) is 101 Å². The average molecular weight is 443 g/mol. The Kier molecular flexibility index (Phi) is 8.67. The van der Waals surface area contributed by atoms with E-state index in [1.54, 1.807) is 0 Å². The normalized spacial score (nSPS) is 16.8. The van der Waals surface area contributed by atoms with E-state index in [1.807, 2.05) is 24.5 Å². The minimum atomic E-state index is 0.702. The number of hydrogen-bond acceptors (Lipinski definition) is 10. The van der Waals surface area contributed by atoms with Gasteiger partial charge in [0.2, 0.25) is 11.9 Å². The fourth-order valence-corrected chi connectivity index (χ4v) is 3.81. The van der Waals surface area contributed by atoms with Crippen LogP contribution in [-0.2, 0) is 9.47 Å². The molecule has 2 aromatic heterocycles. The van der Waals surface area contributed by atoms with Gasteiger partial charge in [0.25, 0.3) is 0 Å².